The van der Waals surface area contributed by atoms with E-state index in [1.165, 1.54) is 77.0 Å². The van der Waals surface area contributed by atoms with E-state index in [1.807, 2.05) is 0 Å². The molecule has 8 aliphatic carbocycles. The van der Waals surface area contributed by atoms with Gasteiger partial charge in [-0.3, -0.25) is 16.2 Å². The van der Waals surface area contributed by atoms with Crippen LogP contribution < -0.4 is 32.7 Å². The minimum Gasteiger partial charge on any atom is -0.399 e. The predicted octanol–water partition coefficient (Wildman–Crippen LogP) is 2.90. The molecule has 15 heteroatoms. The largest absolute Gasteiger partial charge is 0.399 e. The Morgan fingerprint density at radius 3 is 1.21 bits per heavy atom. The third kappa shape index (κ3) is 8.56. The predicted molar refractivity (Wildman–Crippen MR) is 177 cm³/mol. The molecule has 0 unspecified atom stereocenters. The van der Waals surface area contributed by atoms with Gasteiger partial charge in [-0.1, -0.05) is 0 Å². The Balaban J connectivity index is 0.000000200. The molecule has 0 heterocycles. The van der Waals surface area contributed by atoms with E-state index in [9.17, 15) is 0 Å². The van der Waals surface area contributed by atoms with Crippen molar-refractivity contribution >= 4 is 70.2 Å². The molecule has 12 nitrogen and oxygen atoms in total. The van der Waals surface area contributed by atoms with Gasteiger partial charge in [0.25, 0.3) is 33.6 Å². The molecule has 0 aromatic heterocycles. The molecule has 8 aliphatic rings. The molecule has 238 valence electrons. The van der Waals surface area contributed by atoms with Crippen LogP contribution in [0.15, 0.2) is 0 Å². The van der Waals surface area contributed by atoms with Gasteiger partial charge in [0.15, 0.2) is 0 Å². The van der Waals surface area contributed by atoms with Crippen LogP contribution in [0.5, 0.6) is 0 Å². The first-order valence-corrected chi connectivity index (χ1v) is 16.6. The zero-order valence-corrected chi connectivity index (χ0v) is 26.9. The lowest BCUT2D eigenvalue weighted by Crippen LogP contribution is -2.62. The van der Waals surface area contributed by atoms with Crippen molar-refractivity contribution in [3.05, 3.63) is 0 Å². The molecule has 0 radical (unpaired) electrons. The van der Waals surface area contributed by atoms with Crippen LogP contribution in [0, 0.1) is 51.7 Å². The molecular formula is C28H45N9O3S3. The van der Waals surface area contributed by atoms with Crippen molar-refractivity contribution in [2.75, 3.05) is 13.1 Å². The summed E-state index contributed by atoms with van der Waals surface area (Å²) in [4.78, 5) is 0. The summed E-state index contributed by atoms with van der Waals surface area (Å²) in [6.07, 6.45) is 15.9. The molecule has 0 amide bonds. The van der Waals surface area contributed by atoms with Gasteiger partial charge in [-0.2, -0.15) is 0 Å². The van der Waals surface area contributed by atoms with Crippen LogP contribution in [-0.2, 0) is 14.2 Å². The second-order valence-electron chi connectivity index (χ2n) is 13.7. The molecule has 8 bridgehead atoms. The Bertz CT molecular complexity index is 993. The second kappa shape index (κ2) is 13.2. The number of hydrogen-bond donors (Lipinski definition) is 9. The van der Waals surface area contributed by atoms with E-state index in [4.69, 9.17) is 44.6 Å². The maximum Gasteiger partial charge on any atom is 0.289 e. The van der Waals surface area contributed by atoms with Crippen LogP contribution in [-0.4, -0.2) is 57.8 Å². The topological polar surface area (TPSA) is 199 Å². The Morgan fingerprint density at radius 1 is 0.558 bits per heavy atom. The fourth-order valence-corrected chi connectivity index (χ4v) is 10.4. The molecule has 0 saturated heterocycles. The highest BCUT2D eigenvalue weighted by atomic mass is 32.1. The highest BCUT2D eigenvalue weighted by Gasteiger charge is 2.53. The zero-order valence-electron chi connectivity index (χ0n) is 24.5. The normalized spacial score (nSPS) is 35.4. The standard InChI is InChI=1S/C22H33N3OS.C6H12N6O2S2/c23-19(24-21-7-13-1-14(8-21)3-15(2-13)9-21)26-20(27)25-22-10-16-4-17(11-22)6-18(5-16)12-22;7-3(8)13-5(15)11-1-2-12-6(16)14-4(9)10/h13-18H,1-12H2,(H2,23,24)(H,25,27);1-2H2,(H3,7,8)(H3,9,10)(H,11,15)(H,12,16). The summed E-state index contributed by atoms with van der Waals surface area (Å²) in [6.45, 7) is 0.765. The van der Waals surface area contributed by atoms with E-state index in [1.54, 1.807) is 0 Å². The number of thiocarbonyl (C=S) groups is 3. The van der Waals surface area contributed by atoms with Crippen molar-refractivity contribution in [2.24, 2.45) is 47.0 Å². The van der Waals surface area contributed by atoms with Crippen molar-refractivity contribution in [1.29, 1.82) is 16.2 Å². The number of hydrogen-bond acceptors (Lipinski definition) is 9. The minimum atomic E-state index is -0.485. The van der Waals surface area contributed by atoms with E-state index in [-0.39, 0.29) is 27.4 Å². The Morgan fingerprint density at radius 2 is 0.884 bits per heavy atom. The molecule has 0 aromatic rings. The summed E-state index contributed by atoms with van der Waals surface area (Å²) in [5.41, 5.74) is 10.2. The number of nitrogens with two attached hydrogens (primary N) is 2. The van der Waals surface area contributed by atoms with Crippen LogP contribution in [0.2, 0.25) is 0 Å². The first-order chi connectivity index (χ1) is 20.4. The molecule has 8 rings (SSSR count). The average molecular weight is 652 g/mol. The summed E-state index contributed by atoms with van der Waals surface area (Å²) in [7, 11) is 0. The minimum absolute atomic E-state index is 0.00675. The smallest absolute Gasteiger partial charge is 0.289 e. The fraction of sp³-hybridized carbons (Fsp3) is 0.786. The molecule has 0 spiro atoms. The molecule has 43 heavy (non-hydrogen) atoms. The molecule has 8 saturated carbocycles. The van der Waals surface area contributed by atoms with E-state index in [0.29, 0.717) is 18.3 Å². The van der Waals surface area contributed by atoms with Gasteiger partial charge in [0.05, 0.1) is 0 Å². The van der Waals surface area contributed by atoms with Crippen molar-refractivity contribution in [1.82, 2.24) is 21.3 Å². The molecule has 0 aromatic carbocycles. The number of rotatable bonds is 5. The fourth-order valence-electron chi connectivity index (χ4n) is 9.73. The monoisotopic (exact) mass is 651 g/mol. The SMILES string of the molecule is N=C(N)OC(=S)NCCNC(=S)OC(=N)N.N=C(NC12CC3CC(CC(C3)C1)C2)OC(=S)NC12CC3CC(CC(C3)C1)C2. The van der Waals surface area contributed by atoms with Crippen molar-refractivity contribution < 1.29 is 14.2 Å². The summed E-state index contributed by atoms with van der Waals surface area (Å²) < 4.78 is 14.9. The Kier molecular flexibility index (Phi) is 9.81. The Hall–Kier alpha value is -2.52. The van der Waals surface area contributed by atoms with Gasteiger partial charge in [-0.15, -0.1) is 0 Å². The molecule has 0 aliphatic heterocycles. The summed E-state index contributed by atoms with van der Waals surface area (Å²) in [6, 6.07) is -0.791. The van der Waals surface area contributed by atoms with Gasteiger partial charge in [0.1, 0.15) is 0 Å². The summed E-state index contributed by atoms with van der Waals surface area (Å²) in [5, 5.41) is 34.8. The molecule has 8 fully saturated rings. The first kappa shape index (κ1) is 31.9. The first-order valence-electron chi connectivity index (χ1n) is 15.3. The van der Waals surface area contributed by atoms with Gasteiger partial charge < -0.3 is 46.9 Å². The van der Waals surface area contributed by atoms with Crippen molar-refractivity contribution in [2.45, 2.75) is 88.1 Å². The van der Waals surface area contributed by atoms with E-state index >= 15 is 0 Å². The molecular weight excluding hydrogens is 607 g/mol. The summed E-state index contributed by atoms with van der Waals surface area (Å²) in [5.74, 6) is 5.26. The van der Waals surface area contributed by atoms with Crippen molar-refractivity contribution in [3.8, 4) is 0 Å². The van der Waals surface area contributed by atoms with E-state index < -0.39 is 12.0 Å². The van der Waals surface area contributed by atoms with Crippen LogP contribution in [0.3, 0.4) is 0 Å². The van der Waals surface area contributed by atoms with Gasteiger partial charge in [-0.25, -0.2) is 0 Å². The Labute approximate surface area is 269 Å². The quantitative estimate of drug-likeness (QED) is 0.0913. The van der Waals surface area contributed by atoms with Gasteiger partial charge >= 0.3 is 0 Å². The lowest BCUT2D eigenvalue weighted by Gasteiger charge is -2.57. The number of nitrogens with one attached hydrogen (secondary N) is 7. The maximum absolute atomic E-state index is 8.43. The van der Waals surface area contributed by atoms with Crippen LogP contribution in [0.25, 0.3) is 0 Å². The second-order valence-corrected chi connectivity index (χ2v) is 14.8. The highest BCUT2D eigenvalue weighted by molar-refractivity contribution is 7.80. The number of amidine groups is 3. The maximum atomic E-state index is 8.43. The third-order valence-electron chi connectivity index (χ3n) is 10.1. The van der Waals surface area contributed by atoms with Gasteiger partial charge in [0, 0.05) is 24.2 Å². The van der Waals surface area contributed by atoms with Gasteiger partial charge in [0.2, 0.25) is 0 Å². The van der Waals surface area contributed by atoms with E-state index in [0.717, 1.165) is 35.5 Å². The summed E-state index contributed by atoms with van der Waals surface area (Å²) >= 11 is 14.9. The van der Waals surface area contributed by atoms with Crippen LogP contribution >= 0.6 is 36.7 Å². The zero-order chi connectivity index (χ0) is 30.8. The molecule has 0 atom stereocenters. The van der Waals surface area contributed by atoms with Crippen LogP contribution in [0.1, 0.15) is 77.0 Å². The lowest BCUT2D eigenvalue weighted by atomic mass is 9.53. The third-order valence-corrected chi connectivity index (χ3v) is 10.7. The van der Waals surface area contributed by atoms with Gasteiger partial charge in [-0.05, 0) is 149 Å². The van der Waals surface area contributed by atoms with Crippen LogP contribution in [0.4, 0.5) is 0 Å². The molecule has 11 N–H and O–H groups in total. The highest BCUT2D eigenvalue weighted by Crippen LogP contribution is 2.56. The average Bonchev–Trinajstić information content (AvgIpc) is 2.83. The van der Waals surface area contributed by atoms with E-state index in [2.05, 4.69) is 55.2 Å². The number of ether oxygens (including phenoxy) is 3. The lowest BCUT2D eigenvalue weighted by molar-refractivity contribution is -0.0141. The van der Waals surface area contributed by atoms with Crippen molar-refractivity contribution in [3.63, 3.8) is 0 Å².